The van der Waals surface area contributed by atoms with Crippen LogP contribution in [0.4, 0.5) is 11.6 Å². The van der Waals surface area contributed by atoms with Crippen LogP contribution in [0.2, 0.25) is 5.28 Å². The number of hydrogen-bond donors (Lipinski definition) is 2. The van der Waals surface area contributed by atoms with Gasteiger partial charge < -0.3 is 15.2 Å². The number of nitrogens with zero attached hydrogens (tertiary/aromatic N) is 3. The molecule has 1 aromatic carbocycles. The molecule has 1 heterocycles. The number of aryl methyl sites for hydroxylation is 1. The lowest BCUT2D eigenvalue weighted by Gasteiger charge is -2.08. The Kier molecular flexibility index (Phi) is 3.99. The fourth-order valence-corrected chi connectivity index (χ4v) is 1.74. The lowest BCUT2D eigenvalue weighted by molar-refractivity contribution is 0.0696. The van der Waals surface area contributed by atoms with Gasteiger partial charge in [-0.1, -0.05) is 0 Å². The average molecular weight is 295 g/mol. The molecular weight excluding hydrogens is 284 g/mol. The van der Waals surface area contributed by atoms with E-state index in [1.807, 2.05) is 0 Å². The van der Waals surface area contributed by atoms with E-state index in [1.54, 1.807) is 19.1 Å². The van der Waals surface area contributed by atoms with Crippen LogP contribution in [0.1, 0.15) is 15.9 Å². The van der Waals surface area contributed by atoms with Crippen molar-refractivity contribution in [2.45, 2.75) is 6.92 Å². The van der Waals surface area contributed by atoms with Crippen molar-refractivity contribution in [3.05, 3.63) is 34.6 Å². The van der Waals surface area contributed by atoms with E-state index in [0.29, 0.717) is 11.3 Å². The Labute approximate surface area is 119 Å². The second-order valence-electron chi connectivity index (χ2n) is 3.87. The topological polar surface area (TPSA) is 97.2 Å². The van der Waals surface area contributed by atoms with E-state index in [9.17, 15) is 4.79 Å². The van der Waals surface area contributed by atoms with Gasteiger partial charge in [0.1, 0.15) is 0 Å². The number of methoxy groups -OCH3 is 1. The van der Waals surface area contributed by atoms with E-state index in [-0.39, 0.29) is 22.8 Å². The molecule has 1 aromatic heterocycles. The summed E-state index contributed by atoms with van der Waals surface area (Å²) in [7, 11) is 1.42. The summed E-state index contributed by atoms with van der Waals surface area (Å²) in [6.07, 6.45) is 0. The largest absolute Gasteiger partial charge is 0.478 e. The molecule has 2 N–H and O–H groups in total. The molecule has 2 rings (SSSR count). The smallest absolute Gasteiger partial charge is 0.335 e. The summed E-state index contributed by atoms with van der Waals surface area (Å²) in [5, 5.41) is 11.9. The predicted octanol–water partition coefficient (Wildman–Crippen LogP) is 2.28. The van der Waals surface area contributed by atoms with Crippen LogP contribution in [0.3, 0.4) is 0 Å². The molecule has 0 unspecified atom stereocenters. The normalized spacial score (nSPS) is 10.2. The molecule has 0 amide bonds. The van der Waals surface area contributed by atoms with Crippen LogP contribution in [0.15, 0.2) is 18.2 Å². The number of ether oxygens (including phenoxy) is 1. The molecule has 8 heteroatoms. The van der Waals surface area contributed by atoms with Gasteiger partial charge in [-0.25, -0.2) is 4.79 Å². The summed E-state index contributed by atoms with van der Waals surface area (Å²) in [5.74, 6) is -0.761. The first-order valence-electron chi connectivity index (χ1n) is 5.56. The van der Waals surface area contributed by atoms with Crippen molar-refractivity contribution in [3.8, 4) is 6.01 Å². The first-order valence-corrected chi connectivity index (χ1v) is 5.94. The summed E-state index contributed by atoms with van der Waals surface area (Å²) in [5.41, 5.74) is 1.49. The number of hydrogen-bond acceptors (Lipinski definition) is 6. The summed E-state index contributed by atoms with van der Waals surface area (Å²) in [6.45, 7) is 1.70. The van der Waals surface area contributed by atoms with Gasteiger partial charge in [0.15, 0.2) is 0 Å². The van der Waals surface area contributed by atoms with Crippen LogP contribution >= 0.6 is 11.6 Å². The molecule has 0 aliphatic rings. The number of aromatic carboxylic acids is 1. The third-order valence-electron chi connectivity index (χ3n) is 2.48. The van der Waals surface area contributed by atoms with E-state index in [1.165, 1.54) is 13.2 Å². The van der Waals surface area contributed by atoms with Gasteiger partial charge in [-0.15, -0.1) is 0 Å². The maximum Gasteiger partial charge on any atom is 0.335 e. The molecule has 20 heavy (non-hydrogen) atoms. The quantitative estimate of drug-likeness (QED) is 0.892. The van der Waals surface area contributed by atoms with Crippen LogP contribution in [-0.4, -0.2) is 33.1 Å². The Balaban J connectivity index is 2.28. The Morgan fingerprint density at radius 1 is 1.35 bits per heavy atom. The SMILES string of the molecule is COc1nc(Cl)nc(Nc2ccc(C(=O)O)c(C)c2)n1. The molecule has 0 spiro atoms. The number of benzene rings is 1. The molecule has 0 aliphatic heterocycles. The van der Waals surface area contributed by atoms with Crippen molar-refractivity contribution in [2.24, 2.45) is 0 Å². The number of halogens is 1. The summed E-state index contributed by atoms with van der Waals surface area (Å²) in [6, 6.07) is 4.88. The number of carbonyl (C=O) groups is 1. The van der Waals surface area contributed by atoms with E-state index >= 15 is 0 Å². The van der Waals surface area contributed by atoms with E-state index in [2.05, 4.69) is 20.3 Å². The van der Waals surface area contributed by atoms with E-state index < -0.39 is 5.97 Å². The number of aromatic nitrogens is 3. The lowest BCUT2D eigenvalue weighted by Crippen LogP contribution is -2.03. The highest BCUT2D eigenvalue weighted by Crippen LogP contribution is 2.19. The highest BCUT2D eigenvalue weighted by atomic mass is 35.5. The Morgan fingerprint density at radius 2 is 2.10 bits per heavy atom. The van der Waals surface area contributed by atoms with Gasteiger partial charge in [0, 0.05) is 5.69 Å². The molecule has 0 fully saturated rings. The molecule has 2 aromatic rings. The lowest BCUT2D eigenvalue weighted by atomic mass is 10.1. The van der Waals surface area contributed by atoms with Crippen molar-refractivity contribution < 1.29 is 14.6 Å². The molecule has 0 aliphatic carbocycles. The molecular formula is C12H11ClN4O3. The zero-order valence-corrected chi connectivity index (χ0v) is 11.5. The number of carboxylic acid groups (broad SMARTS) is 1. The molecule has 0 saturated carbocycles. The first-order chi connectivity index (χ1) is 9.49. The molecule has 0 saturated heterocycles. The van der Waals surface area contributed by atoms with Crippen LogP contribution < -0.4 is 10.1 Å². The maximum absolute atomic E-state index is 10.9. The molecule has 0 bridgehead atoms. The number of anilines is 2. The Bertz CT molecular complexity index is 663. The summed E-state index contributed by atoms with van der Waals surface area (Å²) in [4.78, 5) is 22.6. The van der Waals surface area contributed by atoms with Crippen molar-refractivity contribution >= 4 is 29.2 Å². The van der Waals surface area contributed by atoms with Crippen molar-refractivity contribution in [2.75, 3.05) is 12.4 Å². The van der Waals surface area contributed by atoms with Crippen molar-refractivity contribution in [3.63, 3.8) is 0 Å². The maximum atomic E-state index is 10.9. The molecule has 7 nitrogen and oxygen atoms in total. The summed E-state index contributed by atoms with van der Waals surface area (Å²) < 4.78 is 4.88. The van der Waals surface area contributed by atoms with Gasteiger partial charge in [-0.2, -0.15) is 15.0 Å². The zero-order chi connectivity index (χ0) is 14.7. The minimum Gasteiger partial charge on any atom is -0.478 e. The predicted molar refractivity (Wildman–Crippen MR) is 72.8 cm³/mol. The third-order valence-corrected chi connectivity index (χ3v) is 2.65. The average Bonchev–Trinajstić information content (AvgIpc) is 2.37. The number of nitrogens with one attached hydrogen (secondary N) is 1. The monoisotopic (exact) mass is 294 g/mol. The fraction of sp³-hybridized carbons (Fsp3) is 0.167. The van der Waals surface area contributed by atoms with Crippen LogP contribution in [0.5, 0.6) is 6.01 Å². The molecule has 104 valence electrons. The molecule has 0 radical (unpaired) electrons. The van der Waals surface area contributed by atoms with Crippen LogP contribution in [-0.2, 0) is 0 Å². The highest BCUT2D eigenvalue weighted by molar-refractivity contribution is 6.28. The highest BCUT2D eigenvalue weighted by Gasteiger charge is 2.09. The van der Waals surface area contributed by atoms with Gasteiger partial charge in [-0.05, 0) is 42.3 Å². The number of carboxylic acids is 1. The van der Waals surface area contributed by atoms with Gasteiger partial charge in [0.05, 0.1) is 12.7 Å². The Morgan fingerprint density at radius 3 is 2.70 bits per heavy atom. The van der Waals surface area contributed by atoms with Gasteiger partial charge in [-0.3, -0.25) is 0 Å². The second kappa shape index (κ2) is 5.70. The van der Waals surface area contributed by atoms with Gasteiger partial charge >= 0.3 is 12.0 Å². The third kappa shape index (κ3) is 3.12. The molecule has 0 atom stereocenters. The summed E-state index contributed by atoms with van der Waals surface area (Å²) >= 11 is 5.73. The van der Waals surface area contributed by atoms with E-state index in [4.69, 9.17) is 21.4 Å². The minimum atomic E-state index is -0.973. The van der Waals surface area contributed by atoms with E-state index in [0.717, 1.165) is 0 Å². The van der Waals surface area contributed by atoms with Crippen molar-refractivity contribution in [1.82, 2.24) is 15.0 Å². The zero-order valence-electron chi connectivity index (χ0n) is 10.7. The van der Waals surface area contributed by atoms with Gasteiger partial charge in [0.25, 0.3) is 0 Å². The van der Waals surface area contributed by atoms with Crippen LogP contribution in [0.25, 0.3) is 0 Å². The van der Waals surface area contributed by atoms with Crippen molar-refractivity contribution in [1.29, 1.82) is 0 Å². The fourth-order valence-electron chi connectivity index (χ4n) is 1.59. The number of rotatable bonds is 4. The van der Waals surface area contributed by atoms with Gasteiger partial charge in [0.2, 0.25) is 11.2 Å². The van der Waals surface area contributed by atoms with Crippen LogP contribution in [0, 0.1) is 6.92 Å². The Hall–Kier alpha value is -2.41. The second-order valence-corrected chi connectivity index (χ2v) is 4.21. The first kappa shape index (κ1) is 14.0. The standard InChI is InChI=1S/C12H11ClN4O3/c1-6-5-7(3-4-8(6)9(18)19)14-11-15-10(13)16-12(17-11)20-2/h3-5H,1-2H3,(H,18,19)(H,14,15,16,17). The minimum absolute atomic E-state index is 0.00164.